The van der Waals surface area contributed by atoms with Crippen LogP contribution in [0.1, 0.15) is 26.2 Å². The first-order valence-electron chi connectivity index (χ1n) is 6.70. The lowest BCUT2D eigenvalue weighted by atomic mass is 10.0. The molecular formula is C13H20O6. The van der Waals surface area contributed by atoms with E-state index < -0.39 is 0 Å². The van der Waals surface area contributed by atoms with Crippen LogP contribution in [0.4, 0.5) is 0 Å². The Morgan fingerprint density at radius 3 is 2.32 bits per heavy atom. The maximum atomic E-state index is 11.6. The molecule has 0 amide bonds. The van der Waals surface area contributed by atoms with Crippen molar-refractivity contribution < 1.29 is 28.5 Å². The number of rotatable bonds is 9. The van der Waals surface area contributed by atoms with E-state index in [1.807, 2.05) is 0 Å². The fraction of sp³-hybridized carbons (Fsp3) is 0.846. The second kappa shape index (κ2) is 6.86. The Hall–Kier alpha value is -1.14. The van der Waals surface area contributed by atoms with Gasteiger partial charge >= 0.3 is 11.9 Å². The third-order valence-corrected chi connectivity index (χ3v) is 3.07. The molecule has 0 radical (unpaired) electrons. The van der Waals surface area contributed by atoms with Gasteiger partial charge in [0.2, 0.25) is 0 Å². The Labute approximate surface area is 112 Å². The predicted molar refractivity (Wildman–Crippen MR) is 64.4 cm³/mol. The van der Waals surface area contributed by atoms with Gasteiger partial charge in [0.25, 0.3) is 0 Å². The quantitative estimate of drug-likeness (QED) is 0.453. The molecule has 2 aliphatic rings. The van der Waals surface area contributed by atoms with Crippen molar-refractivity contribution in [3.05, 3.63) is 0 Å². The molecule has 3 unspecified atom stereocenters. The van der Waals surface area contributed by atoms with Crippen molar-refractivity contribution in [3.8, 4) is 0 Å². The zero-order valence-electron chi connectivity index (χ0n) is 11.1. The number of hydrogen-bond acceptors (Lipinski definition) is 6. The lowest BCUT2D eigenvalue weighted by molar-refractivity contribution is -0.149. The Balaban J connectivity index is 1.47. The van der Waals surface area contributed by atoms with Gasteiger partial charge in [0.1, 0.15) is 25.4 Å². The van der Waals surface area contributed by atoms with Crippen molar-refractivity contribution >= 4 is 11.9 Å². The average Bonchev–Trinajstić information content (AvgIpc) is 3.27. The van der Waals surface area contributed by atoms with Gasteiger partial charge in [-0.05, 0) is 12.8 Å². The summed E-state index contributed by atoms with van der Waals surface area (Å²) in [4.78, 5) is 22.9. The van der Waals surface area contributed by atoms with Gasteiger partial charge in [-0.15, -0.1) is 0 Å². The summed E-state index contributed by atoms with van der Waals surface area (Å²) in [6.45, 7) is 3.85. The van der Waals surface area contributed by atoms with E-state index in [-0.39, 0.29) is 30.1 Å². The predicted octanol–water partition coefficient (Wildman–Crippen LogP) is 0.677. The first-order valence-corrected chi connectivity index (χ1v) is 6.70. The van der Waals surface area contributed by atoms with Gasteiger partial charge in [-0.3, -0.25) is 9.59 Å². The van der Waals surface area contributed by atoms with Gasteiger partial charge < -0.3 is 18.9 Å². The zero-order chi connectivity index (χ0) is 13.7. The highest BCUT2D eigenvalue weighted by molar-refractivity contribution is 5.72. The molecule has 0 saturated carbocycles. The van der Waals surface area contributed by atoms with E-state index in [0.29, 0.717) is 45.7 Å². The average molecular weight is 272 g/mol. The van der Waals surface area contributed by atoms with Crippen LogP contribution in [0.2, 0.25) is 0 Å². The molecule has 2 rings (SSSR count). The van der Waals surface area contributed by atoms with Crippen LogP contribution in [-0.4, -0.2) is 50.6 Å². The summed E-state index contributed by atoms with van der Waals surface area (Å²) in [6.07, 6.45) is 1.77. The highest BCUT2D eigenvalue weighted by Crippen LogP contribution is 2.14. The minimum Gasteiger partial charge on any atom is -0.463 e. The van der Waals surface area contributed by atoms with Gasteiger partial charge in [0.15, 0.2) is 0 Å². The molecule has 2 heterocycles. The molecule has 6 heteroatoms. The smallest absolute Gasteiger partial charge is 0.308 e. The molecular weight excluding hydrogens is 252 g/mol. The molecule has 2 aliphatic heterocycles. The van der Waals surface area contributed by atoms with Gasteiger partial charge in [-0.1, -0.05) is 6.92 Å². The van der Waals surface area contributed by atoms with Gasteiger partial charge in [-0.2, -0.15) is 0 Å². The normalized spacial score (nSPS) is 25.5. The Bertz CT molecular complexity index is 321. The fourth-order valence-electron chi connectivity index (χ4n) is 1.57. The SMILES string of the molecule is CC(CCCC(=O)OCC1CO1)C(=O)OCC1CO1. The minimum absolute atomic E-state index is 0.0933. The van der Waals surface area contributed by atoms with Crippen molar-refractivity contribution in [2.45, 2.75) is 38.4 Å². The molecule has 0 aromatic carbocycles. The summed E-state index contributed by atoms with van der Waals surface area (Å²) < 4.78 is 20.0. The number of carbonyl (C=O) groups is 2. The third-order valence-electron chi connectivity index (χ3n) is 3.07. The van der Waals surface area contributed by atoms with Gasteiger partial charge in [-0.25, -0.2) is 0 Å². The van der Waals surface area contributed by atoms with Crippen molar-refractivity contribution in [1.82, 2.24) is 0 Å². The molecule has 19 heavy (non-hydrogen) atoms. The molecule has 108 valence electrons. The van der Waals surface area contributed by atoms with E-state index >= 15 is 0 Å². The third kappa shape index (κ3) is 6.02. The molecule has 0 aromatic rings. The summed E-state index contributed by atoms with van der Waals surface area (Å²) in [5.41, 5.74) is 0. The molecule has 3 atom stereocenters. The number of carbonyl (C=O) groups excluding carboxylic acids is 2. The molecule has 0 bridgehead atoms. The lowest BCUT2D eigenvalue weighted by Crippen LogP contribution is -2.18. The first-order chi connectivity index (χ1) is 9.15. The Morgan fingerprint density at radius 1 is 1.16 bits per heavy atom. The molecule has 2 saturated heterocycles. The molecule has 0 N–H and O–H groups in total. The van der Waals surface area contributed by atoms with Crippen molar-refractivity contribution in [2.24, 2.45) is 5.92 Å². The van der Waals surface area contributed by atoms with Crippen LogP contribution in [0.25, 0.3) is 0 Å². The van der Waals surface area contributed by atoms with Crippen molar-refractivity contribution in [3.63, 3.8) is 0 Å². The van der Waals surface area contributed by atoms with Crippen molar-refractivity contribution in [1.29, 1.82) is 0 Å². The highest BCUT2D eigenvalue weighted by atomic mass is 16.6. The summed E-state index contributed by atoms with van der Waals surface area (Å²) in [6, 6.07) is 0. The van der Waals surface area contributed by atoms with Crippen molar-refractivity contribution in [2.75, 3.05) is 26.4 Å². The summed E-state index contributed by atoms with van der Waals surface area (Å²) in [5, 5.41) is 0. The largest absolute Gasteiger partial charge is 0.463 e. The van der Waals surface area contributed by atoms with Crippen LogP contribution in [0, 0.1) is 5.92 Å². The zero-order valence-corrected chi connectivity index (χ0v) is 11.1. The molecule has 0 aromatic heterocycles. The van der Waals surface area contributed by atoms with E-state index in [0.717, 1.165) is 0 Å². The molecule has 6 nitrogen and oxygen atoms in total. The maximum absolute atomic E-state index is 11.6. The molecule has 0 aliphatic carbocycles. The van der Waals surface area contributed by atoms with Crippen LogP contribution >= 0.6 is 0 Å². The summed E-state index contributed by atoms with van der Waals surface area (Å²) >= 11 is 0. The maximum Gasteiger partial charge on any atom is 0.308 e. The highest BCUT2D eigenvalue weighted by Gasteiger charge is 2.26. The second-order valence-electron chi connectivity index (χ2n) is 5.02. The summed E-state index contributed by atoms with van der Waals surface area (Å²) in [7, 11) is 0. The monoisotopic (exact) mass is 272 g/mol. The minimum atomic E-state index is -0.234. The van der Waals surface area contributed by atoms with Crippen LogP contribution < -0.4 is 0 Å². The lowest BCUT2D eigenvalue weighted by Gasteiger charge is -2.10. The Morgan fingerprint density at radius 2 is 1.74 bits per heavy atom. The van der Waals surface area contributed by atoms with Crippen LogP contribution in [0.3, 0.4) is 0 Å². The van der Waals surface area contributed by atoms with E-state index in [9.17, 15) is 9.59 Å². The summed E-state index contributed by atoms with van der Waals surface area (Å²) in [5.74, 6) is -0.656. The first kappa shape index (κ1) is 14.3. The number of ether oxygens (including phenoxy) is 4. The van der Waals surface area contributed by atoms with Crippen LogP contribution in [0.5, 0.6) is 0 Å². The van der Waals surface area contributed by atoms with Crippen LogP contribution in [0.15, 0.2) is 0 Å². The molecule has 2 fully saturated rings. The van der Waals surface area contributed by atoms with Crippen LogP contribution in [-0.2, 0) is 28.5 Å². The number of hydrogen-bond donors (Lipinski definition) is 0. The van der Waals surface area contributed by atoms with E-state index in [4.69, 9.17) is 18.9 Å². The standard InChI is InChI=1S/C13H20O6/c1-9(13(15)19-8-11-6-17-11)3-2-4-12(14)18-7-10-5-16-10/h9-11H,2-8H2,1H3. The van der Waals surface area contributed by atoms with Gasteiger partial charge in [0.05, 0.1) is 19.1 Å². The number of esters is 2. The topological polar surface area (TPSA) is 77.7 Å². The number of epoxide rings is 2. The van der Waals surface area contributed by atoms with E-state index in [1.54, 1.807) is 6.92 Å². The molecule has 0 spiro atoms. The van der Waals surface area contributed by atoms with E-state index in [2.05, 4.69) is 0 Å². The van der Waals surface area contributed by atoms with E-state index in [1.165, 1.54) is 0 Å². The second-order valence-corrected chi connectivity index (χ2v) is 5.02. The van der Waals surface area contributed by atoms with Gasteiger partial charge in [0, 0.05) is 6.42 Å². The fourth-order valence-corrected chi connectivity index (χ4v) is 1.57. The Kier molecular flexibility index (Phi) is 5.15.